The van der Waals surface area contributed by atoms with Crippen LogP contribution in [0.2, 0.25) is 0 Å². The number of fused-ring (bicyclic) bond motifs is 1. The highest BCUT2D eigenvalue weighted by Crippen LogP contribution is 2.30. The summed E-state index contributed by atoms with van der Waals surface area (Å²) in [4.78, 5) is 20.2. The van der Waals surface area contributed by atoms with Crippen LogP contribution in [0.1, 0.15) is 29.6 Å². The van der Waals surface area contributed by atoms with Crippen LogP contribution in [0.25, 0.3) is 10.9 Å². The first-order valence-electron chi connectivity index (χ1n) is 11.7. The average molecular weight is 481 g/mol. The monoisotopic (exact) mass is 480 g/mol. The lowest BCUT2D eigenvalue weighted by Gasteiger charge is -2.31. The summed E-state index contributed by atoms with van der Waals surface area (Å²) in [6.45, 7) is 3.41. The summed E-state index contributed by atoms with van der Waals surface area (Å²) in [5.74, 6) is -0.353. The minimum Gasteiger partial charge on any atom is -0.378 e. The first-order valence-corrected chi connectivity index (χ1v) is 13.1. The fourth-order valence-corrected chi connectivity index (χ4v) is 6.14. The SMILES string of the molecule is O=C(Nc1cccc2ncccc12)c1cc(S(=O)(=O)N2CCCCC2)ccc1N1CCOCC1. The van der Waals surface area contributed by atoms with Gasteiger partial charge in [0.15, 0.2) is 0 Å². The highest BCUT2D eigenvalue weighted by atomic mass is 32.2. The van der Waals surface area contributed by atoms with E-state index in [1.165, 1.54) is 10.4 Å². The molecule has 0 aliphatic carbocycles. The predicted octanol–water partition coefficient (Wildman–Crippen LogP) is 3.50. The molecule has 9 heteroatoms. The third-order valence-corrected chi connectivity index (χ3v) is 8.31. The Hall–Kier alpha value is -3.01. The zero-order chi connectivity index (χ0) is 23.5. The summed E-state index contributed by atoms with van der Waals surface area (Å²) in [6.07, 6.45) is 4.45. The normalized spacial score (nSPS) is 17.6. The van der Waals surface area contributed by atoms with Gasteiger partial charge in [-0.2, -0.15) is 4.31 Å². The second-order valence-electron chi connectivity index (χ2n) is 8.57. The molecule has 0 unspecified atom stereocenters. The number of nitrogens with zero attached hydrogens (tertiary/aromatic N) is 3. The second-order valence-corrected chi connectivity index (χ2v) is 10.5. The molecule has 0 bridgehead atoms. The molecule has 8 nitrogen and oxygen atoms in total. The number of rotatable bonds is 5. The molecule has 1 aromatic heterocycles. The van der Waals surface area contributed by atoms with Gasteiger partial charge in [0.2, 0.25) is 10.0 Å². The Morgan fingerprint density at radius 1 is 0.941 bits per heavy atom. The molecule has 3 heterocycles. The molecule has 34 heavy (non-hydrogen) atoms. The predicted molar refractivity (Wildman–Crippen MR) is 132 cm³/mol. The van der Waals surface area contributed by atoms with Crippen LogP contribution in [0.15, 0.2) is 59.6 Å². The van der Waals surface area contributed by atoms with Crippen molar-refractivity contribution in [3.63, 3.8) is 0 Å². The molecule has 3 aromatic rings. The van der Waals surface area contributed by atoms with Crippen LogP contribution in [-0.4, -0.2) is 63.0 Å². The molecule has 2 saturated heterocycles. The van der Waals surface area contributed by atoms with E-state index in [0.717, 1.165) is 30.2 Å². The van der Waals surface area contributed by atoms with Crippen molar-refractivity contribution in [3.05, 3.63) is 60.3 Å². The number of hydrogen-bond acceptors (Lipinski definition) is 6. The number of sulfonamides is 1. The van der Waals surface area contributed by atoms with E-state index in [1.54, 1.807) is 18.3 Å². The molecule has 1 amide bonds. The summed E-state index contributed by atoms with van der Waals surface area (Å²) in [5, 5.41) is 3.82. The Kier molecular flexibility index (Phi) is 6.49. The van der Waals surface area contributed by atoms with Crippen molar-refractivity contribution in [2.75, 3.05) is 49.6 Å². The topological polar surface area (TPSA) is 91.8 Å². The molecule has 2 aromatic carbocycles. The van der Waals surface area contributed by atoms with E-state index in [9.17, 15) is 13.2 Å². The van der Waals surface area contributed by atoms with Gasteiger partial charge < -0.3 is 15.0 Å². The molecule has 0 spiro atoms. The lowest BCUT2D eigenvalue weighted by molar-refractivity contribution is 0.102. The maximum absolute atomic E-state index is 13.6. The van der Waals surface area contributed by atoms with Crippen LogP contribution in [0, 0.1) is 0 Å². The van der Waals surface area contributed by atoms with E-state index in [2.05, 4.69) is 15.2 Å². The van der Waals surface area contributed by atoms with Crippen molar-refractivity contribution in [2.24, 2.45) is 0 Å². The van der Waals surface area contributed by atoms with E-state index in [0.29, 0.717) is 56.3 Å². The number of carbonyl (C=O) groups is 1. The van der Waals surface area contributed by atoms with E-state index < -0.39 is 10.0 Å². The number of morpholine rings is 1. The van der Waals surface area contributed by atoms with Crippen LogP contribution in [0.4, 0.5) is 11.4 Å². The number of anilines is 2. The maximum atomic E-state index is 13.6. The van der Waals surface area contributed by atoms with Crippen LogP contribution in [0.3, 0.4) is 0 Å². The number of piperidine rings is 1. The van der Waals surface area contributed by atoms with Crippen LogP contribution < -0.4 is 10.2 Å². The Balaban J connectivity index is 1.53. The maximum Gasteiger partial charge on any atom is 0.257 e. The number of benzene rings is 2. The van der Waals surface area contributed by atoms with Crippen molar-refractivity contribution in [2.45, 2.75) is 24.2 Å². The van der Waals surface area contributed by atoms with Crippen LogP contribution >= 0.6 is 0 Å². The first kappa shape index (κ1) is 22.8. The zero-order valence-corrected chi connectivity index (χ0v) is 19.8. The van der Waals surface area contributed by atoms with Gasteiger partial charge in [-0.3, -0.25) is 9.78 Å². The third-order valence-electron chi connectivity index (χ3n) is 6.41. The molecule has 5 rings (SSSR count). The summed E-state index contributed by atoms with van der Waals surface area (Å²) in [6, 6.07) is 14.2. The number of pyridine rings is 1. The molecule has 0 radical (unpaired) electrons. The molecule has 0 atom stereocenters. The first-order chi connectivity index (χ1) is 16.5. The summed E-state index contributed by atoms with van der Waals surface area (Å²) < 4.78 is 33.7. The minimum atomic E-state index is -3.67. The lowest BCUT2D eigenvalue weighted by Crippen LogP contribution is -2.38. The molecule has 1 N–H and O–H groups in total. The number of nitrogens with one attached hydrogen (secondary N) is 1. The van der Waals surface area contributed by atoms with E-state index in [1.807, 2.05) is 30.3 Å². The van der Waals surface area contributed by atoms with Gasteiger partial charge in [-0.15, -0.1) is 0 Å². The molecular weight excluding hydrogens is 452 g/mol. The van der Waals surface area contributed by atoms with Gasteiger partial charge in [0.05, 0.1) is 34.9 Å². The fourth-order valence-electron chi connectivity index (χ4n) is 4.59. The largest absolute Gasteiger partial charge is 0.378 e. The number of hydrogen-bond donors (Lipinski definition) is 1. The Morgan fingerprint density at radius 3 is 2.53 bits per heavy atom. The smallest absolute Gasteiger partial charge is 0.257 e. The van der Waals surface area contributed by atoms with E-state index in [-0.39, 0.29) is 10.8 Å². The zero-order valence-electron chi connectivity index (χ0n) is 18.9. The lowest BCUT2D eigenvalue weighted by atomic mass is 10.1. The van der Waals surface area contributed by atoms with Crippen molar-refractivity contribution in [3.8, 4) is 0 Å². The van der Waals surface area contributed by atoms with E-state index in [4.69, 9.17) is 4.74 Å². The second kappa shape index (κ2) is 9.69. The quantitative estimate of drug-likeness (QED) is 0.601. The van der Waals surface area contributed by atoms with Crippen molar-refractivity contribution in [1.82, 2.24) is 9.29 Å². The molecule has 178 valence electrons. The Bertz CT molecular complexity index is 1290. The van der Waals surface area contributed by atoms with Crippen molar-refractivity contribution < 1.29 is 17.9 Å². The summed E-state index contributed by atoms with van der Waals surface area (Å²) in [7, 11) is -3.67. The molecule has 0 saturated carbocycles. The van der Waals surface area contributed by atoms with Crippen molar-refractivity contribution >= 4 is 38.2 Å². The number of amides is 1. The van der Waals surface area contributed by atoms with E-state index >= 15 is 0 Å². The fraction of sp³-hybridized carbons (Fsp3) is 0.360. The Labute approximate surface area is 199 Å². The minimum absolute atomic E-state index is 0.149. The third kappa shape index (κ3) is 4.51. The number of aromatic nitrogens is 1. The van der Waals surface area contributed by atoms with Crippen molar-refractivity contribution in [1.29, 1.82) is 0 Å². The average Bonchev–Trinajstić information content (AvgIpc) is 2.89. The van der Waals surface area contributed by atoms with Gasteiger partial charge in [-0.05, 0) is 55.3 Å². The number of carbonyl (C=O) groups excluding carboxylic acids is 1. The standard InChI is InChI=1S/C25H28N4O4S/c30-25(27-23-8-4-7-22-20(23)6-5-11-26-22)21-18-19(34(31,32)29-12-2-1-3-13-29)9-10-24(21)28-14-16-33-17-15-28/h4-11,18H,1-3,12-17H2,(H,27,30). The molecule has 2 aliphatic heterocycles. The highest BCUT2D eigenvalue weighted by molar-refractivity contribution is 7.89. The highest BCUT2D eigenvalue weighted by Gasteiger charge is 2.28. The van der Waals surface area contributed by atoms with Gasteiger partial charge in [0, 0.05) is 43.4 Å². The van der Waals surface area contributed by atoms with Crippen LogP contribution in [0.5, 0.6) is 0 Å². The Morgan fingerprint density at radius 2 is 1.74 bits per heavy atom. The molecule has 2 aliphatic rings. The van der Waals surface area contributed by atoms with Crippen LogP contribution in [-0.2, 0) is 14.8 Å². The number of ether oxygens (including phenoxy) is 1. The van der Waals surface area contributed by atoms with Gasteiger partial charge in [-0.1, -0.05) is 12.5 Å². The summed E-state index contributed by atoms with van der Waals surface area (Å²) >= 11 is 0. The molecular formula is C25H28N4O4S. The van der Waals surface area contributed by atoms with Gasteiger partial charge in [0.25, 0.3) is 5.91 Å². The van der Waals surface area contributed by atoms with Gasteiger partial charge in [0.1, 0.15) is 0 Å². The summed E-state index contributed by atoms with van der Waals surface area (Å²) in [5.41, 5.74) is 2.44. The molecule has 2 fully saturated rings. The van der Waals surface area contributed by atoms with Gasteiger partial charge in [-0.25, -0.2) is 8.42 Å². The van der Waals surface area contributed by atoms with Gasteiger partial charge >= 0.3 is 0 Å².